The zero-order chi connectivity index (χ0) is 28.9. The van der Waals surface area contributed by atoms with Gasteiger partial charge in [0.05, 0.1) is 22.5 Å². The van der Waals surface area contributed by atoms with E-state index in [2.05, 4.69) is 15.3 Å². The number of nitrogens with zero attached hydrogens (tertiary/aromatic N) is 4. The SMILES string of the molecule is O=C(N[C@H]1CC[C@H](CN2C(=O)C3(CN(C(=O)c4cnco4)C3)c3ccc(F)cc32)CC1)c1cc(Cl)cnc1C(F)F. The number of rotatable bonds is 6. The second kappa shape index (κ2) is 10.5. The molecule has 9 nitrogen and oxygen atoms in total. The van der Waals surface area contributed by atoms with Crippen LogP contribution < -0.4 is 10.2 Å². The molecule has 214 valence electrons. The van der Waals surface area contributed by atoms with Crippen molar-refractivity contribution in [3.05, 3.63) is 76.5 Å². The lowest BCUT2D eigenvalue weighted by Gasteiger charge is -2.46. The van der Waals surface area contributed by atoms with Crippen LogP contribution in [0.5, 0.6) is 0 Å². The zero-order valence-electron chi connectivity index (χ0n) is 21.7. The van der Waals surface area contributed by atoms with Crippen LogP contribution in [-0.4, -0.2) is 58.3 Å². The molecule has 1 N–H and O–H groups in total. The van der Waals surface area contributed by atoms with Gasteiger partial charge in [-0.15, -0.1) is 0 Å². The number of pyridine rings is 1. The van der Waals surface area contributed by atoms with Gasteiger partial charge in [0.2, 0.25) is 11.7 Å². The lowest BCUT2D eigenvalue weighted by atomic mass is 9.74. The number of alkyl halides is 2. The van der Waals surface area contributed by atoms with Crippen LogP contribution in [0.2, 0.25) is 5.02 Å². The molecular weight excluding hydrogens is 563 g/mol. The molecule has 2 aliphatic heterocycles. The molecule has 1 aliphatic carbocycles. The predicted octanol–water partition coefficient (Wildman–Crippen LogP) is 4.53. The molecule has 1 aromatic carbocycles. The fraction of sp³-hybridized carbons (Fsp3) is 0.393. The van der Waals surface area contributed by atoms with Crippen LogP contribution in [0.15, 0.2) is 47.5 Å². The summed E-state index contributed by atoms with van der Waals surface area (Å²) >= 11 is 5.88. The van der Waals surface area contributed by atoms with Gasteiger partial charge in [-0.3, -0.25) is 19.4 Å². The molecule has 1 saturated carbocycles. The Bertz CT molecular complexity index is 1500. The third-order valence-corrected chi connectivity index (χ3v) is 8.44. The molecule has 4 heterocycles. The van der Waals surface area contributed by atoms with E-state index in [9.17, 15) is 27.6 Å². The van der Waals surface area contributed by atoms with Gasteiger partial charge in [-0.2, -0.15) is 0 Å². The summed E-state index contributed by atoms with van der Waals surface area (Å²) in [5.74, 6) is -1.50. The molecule has 0 atom stereocenters. The second-order valence-corrected chi connectivity index (χ2v) is 11.2. The van der Waals surface area contributed by atoms with Crippen molar-refractivity contribution in [1.29, 1.82) is 0 Å². The molecule has 41 heavy (non-hydrogen) atoms. The summed E-state index contributed by atoms with van der Waals surface area (Å²) in [6.45, 7) is 0.665. The van der Waals surface area contributed by atoms with Crippen molar-refractivity contribution in [3.63, 3.8) is 0 Å². The number of oxazole rings is 1. The molecule has 6 rings (SSSR count). The standard InChI is InChI=1S/C28H25ClF3N5O4/c29-16-7-19(23(24(31)32)34-9-16)25(38)35-18-4-1-15(2-5-18)11-37-21-8-17(30)3-6-20(21)28(27(37)40)12-36(13-28)26(39)22-10-33-14-41-22/h3,6-10,14-15,18,24H,1-2,4-5,11-13H2,(H,35,38)/t15-,18-. The lowest BCUT2D eigenvalue weighted by Crippen LogP contribution is -2.65. The fourth-order valence-corrected chi connectivity index (χ4v) is 6.30. The molecule has 3 aromatic rings. The zero-order valence-corrected chi connectivity index (χ0v) is 22.4. The Morgan fingerprint density at radius 1 is 1.15 bits per heavy atom. The summed E-state index contributed by atoms with van der Waals surface area (Å²) in [5, 5.41) is 2.90. The Labute approximate surface area is 237 Å². The van der Waals surface area contributed by atoms with E-state index >= 15 is 0 Å². The van der Waals surface area contributed by atoms with Gasteiger partial charge >= 0.3 is 0 Å². The number of benzene rings is 1. The molecule has 2 fully saturated rings. The van der Waals surface area contributed by atoms with E-state index in [1.807, 2.05) is 0 Å². The second-order valence-electron chi connectivity index (χ2n) is 10.8. The van der Waals surface area contributed by atoms with Crippen molar-refractivity contribution in [2.24, 2.45) is 5.92 Å². The van der Waals surface area contributed by atoms with Crippen molar-refractivity contribution < 1.29 is 32.0 Å². The van der Waals surface area contributed by atoms with Gasteiger partial charge in [0.1, 0.15) is 16.9 Å². The van der Waals surface area contributed by atoms with Crippen LogP contribution in [0.4, 0.5) is 18.9 Å². The van der Waals surface area contributed by atoms with Gasteiger partial charge in [0.15, 0.2) is 6.39 Å². The number of fused-ring (bicyclic) bond motifs is 2. The van der Waals surface area contributed by atoms with E-state index < -0.39 is 29.3 Å². The molecule has 2 aromatic heterocycles. The van der Waals surface area contributed by atoms with Gasteiger partial charge in [-0.25, -0.2) is 18.2 Å². The number of carbonyl (C=O) groups excluding carboxylic acids is 3. The summed E-state index contributed by atoms with van der Waals surface area (Å²) in [4.78, 5) is 49.7. The Balaban J connectivity index is 1.11. The summed E-state index contributed by atoms with van der Waals surface area (Å²) in [7, 11) is 0. The first kappa shape index (κ1) is 27.3. The highest BCUT2D eigenvalue weighted by atomic mass is 35.5. The van der Waals surface area contributed by atoms with Crippen LogP contribution in [0, 0.1) is 11.7 Å². The molecule has 3 amide bonds. The first-order chi connectivity index (χ1) is 19.7. The molecule has 1 saturated heterocycles. The maximum atomic E-state index is 14.3. The number of carbonyl (C=O) groups is 3. The van der Waals surface area contributed by atoms with Gasteiger partial charge in [-0.05, 0) is 55.4 Å². The quantitative estimate of drug-likeness (QED) is 0.454. The molecular formula is C28H25ClF3N5O4. The lowest BCUT2D eigenvalue weighted by molar-refractivity contribution is -0.128. The van der Waals surface area contributed by atoms with E-state index in [-0.39, 0.29) is 53.2 Å². The van der Waals surface area contributed by atoms with Crippen LogP contribution in [0.3, 0.4) is 0 Å². The Kier molecular flexibility index (Phi) is 6.96. The normalized spacial score (nSPS) is 21.2. The highest BCUT2D eigenvalue weighted by Gasteiger charge is 2.59. The third kappa shape index (κ3) is 4.83. The number of amides is 3. The van der Waals surface area contributed by atoms with E-state index in [0.717, 1.165) is 6.20 Å². The van der Waals surface area contributed by atoms with Gasteiger partial charge in [0, 0.05) is 31.9 Å². The average molecular weight is 588 g/mol. The maximum absolute atomic E-state index is 14.3. The summed E-state index contributed by atoms with van der Waals surface area (Å²) in [5.41, 5.74) is -0.624. The highest BCUT2D eigenvalue weighted by Crippen LogP contribution is 2.48. The number of hydrogen-bond acceptors (Lipinski definition) is 6. The Hall–Kier alpha value is -3.93. The molecule has 0 radical (unpaired) electrons. The monoisotopic (exact) mass is 587 g/mol. The average Bonchev–Trinajstić information content (AvgIpc) is 3.54. The van der Waals surface area contributed by atoms with Crippen LogP contribution in [0.25, 0.3) is 0 Å². The maximum Gasteiger partial charge on any atom is 0.291 e. The third-order valence-electron chi connectivity index (χ3n) is 8.23. The minimum atomic E-state index is -2.92. The molecule has 3 aliphatic rings. The smallest absolute Gasteiger partial charge is 0.291 e. The molecule has 0 bridgehead atoms. The Morgan fingerprint density at radius 3 is 2.59 bits per heavy atom. The van der Waals surface area contributed by atoms with Gasteiger partial charge in [-0.1, -0.05) is 17.7 Å². The van der Waals surface area contributed by atoms with Gasteiger partial charge in [0.25, 0.3) is 18.2 Å². The minimum absolute atomic E-state index is 0.0786. The predicted molar refractivity (Wildman–Crippen MR) is 140 cm³/mol. The van der Waals surface area contributed by atoms with Crippen LogP contribution >= 0.6 is 11.6 Å². The summed E-state index contributed by atoms with van der Waals surface area (Å²) < 4.78 is 46.1. The number of nitrogens with one attached hydrogen (secondary N) is 1. The summed E-state index contributed by atoms with van der Waals surface area (Å²) in [6, 6.07) is 5.23. The number of likely N-dealkylation sites (tertiary alicyclic amines) is 1. The van der Waals surface area contributed by atoms with Crippen molar-refractivity contribution in [3.8, 4) is 0 Å². The van der Waals surface area contributed by atoms with Crippen molar-refractivity contribution in [2.45, 2.75) is 43.6 Å². The molecule has 13 heteroatoms. The first-order valence-electron chi connectivity index (χ1n) is 13.2. The minimum Gasteiger partial charge on any atom is -0.438 e. The topological polar surface area (TPSA) is 109 Å². The number of aromatic nitrogens is 2. The van der Waals surface area contributed by atoms with Crippen molar-refractivity contribution in [1.82, 2.24) is 20.2 Å². The van der Waals surface area contributed by atoms with E-state index in [4.69, 9.17) is 16.0 Å². The van der Waals surface area contributed by atoms with E-state index in [1.165, 1.54) is 35.7 Å². The molecule has 0 unspecified atom stereocenters. The van der Waals surface area contributed by atoms with Crippen molar-refractivity contribution >= 4 is 35.0 Å². The van der Waals surface area contributed by atoms with Gasteiger partial charge < -0.3 is 19.5 Å². The van der Waals surface area contributed by atoms with E-state index in [0.29, 0.717) is 43.5 Å². The number of halogens is 4. The highest BCUT2D eigenvalue weighted by molar-refractivity contribution is 6.30. The fourth-order valence-electron chi connectivity index (χ4n) is 6.15. The Morgan fingerprint density at radius 2 is 1.90 bits per heavy atom. The van der Waals surface area contributed by atoms with Crippen LogP contribution in [0.1, 0.15) is 64.3 Å². The van der Waals surface area contributed by atoms with Crippen LogP contribution in [-0.2, 0) is 10.2 Å². The number of anilines is 1. The summed E-state index contributed by atoms with van der Waals surface area (Å²) in [6.07, 6.45) is 3.14. The number of hydrogen-bond donors (Lipinski definition) is 1. The van der Waals surface area contributed by atoms with Crippen molar-refractivity contribution in [2.75, 3.05) is 24.5 Å². The largest absolute Gasteiger partial charge is 0.438 e. The van der Waals surface area contributed by atoms with E-state index in [1.54, 1.807) is 11.0 Å². The first-order valence-corrected chi connectivity index (χ1v) is 13.6. The molecule has 1 spiro atoms.